The minimum atomic E-state index is -1.02. The van der Waals surface area contributed by atoms with E-state index in [-0.39, 0.29) is 11.3 Å². The Morgan fingerprint density at radius 1 is 1.27 bits per heavy atom. The maximum absolute atomic E-state index is 13.3. The highest BCUT2D eigenvalue weighted by molar-refractivity contribution is 5.30. The maximum Gasteiger partial charge on any atom is 0.200 e. The summed E-state index contributed by atoms with van der Waals surface area (Å²) in [5.74, 6) is -1.62. The smallest absolute Gasteiger partial charge is 0.200 e. The van der Waals surface area contributed by atoms with Crippen molar-refractivity contribution in [3.8, 4) is 5.75 Å². The quantitative estimate of drug-likeness (QED) is 0.832. The normalized spacial score (nSPS) is 15.4. The van der Waals surface area contributed by atoms with E-state index in [9.17, 15) is 8.78 Å². The SMILES string of the molecule is OCc1ccc(OCC2CC2)c(F)c1F. The fourth-order valence-corrected chi connectivity index (χ4v) is 1.30. The number of ether oxygens (including phenoxy) is 1. The summed E-state index contributed by atoms with van der Waals surface area (Å²) < 4.78 is 31.6. The van der Waals surface area contributed by atoms with Gasteiger partial charge in [0.25, 0.3) is 0 Å². The lowest BCUT2D eigenvalue weighted by Crippen LogP contribution is -2.03. The summed E-state index contributed by atoms with van der Waals surface area (Å²) in [6.07, 6.45) is 2.19. The number of rotatable bonds is 4. The Morgan fingerprint density at radius 3 is 2.60 bits per heavy atom. The molecule has 0 heterocycles. The van der Waals surface area contributed by atoms with Crippen LogP contribution < -0.4 is 4.74 Å². The molecule has 0 amide bonds. The van der Waals surface area contributed by atoms with E-state index in [1.165, 1.54) is 12.1 Å². The third-order valence-corrected chi connectivity index (χ3v) is 2.47. The minimum absolute atomic E-state index is 0.0497. The van der Waals surface area contributed by atoms with Gasteiger partial charge in [0.05, 0.1) is 13.2 Å². The van der Waals surface area contributed by atoms with Crippen LogP contribution in [0.3, 0.4) is 0 Å². The van der Waals surface area contributed by atoms with E-state index in [2.05, 4.69) is 0 Å². The van der Waals surface area contributed by atoms with Gasteiger partial charge >= 0.3 is 0 Å². The van der Waals surface area contributed by atoms with Crippen LogP contribution in [-0.4, -0.2) is 11.7 Å². The van der Waals surface area contributed by atoms with Crippen molar-refractivity contribution in [2.24, 2.45) is 5.92 Å². The summed E-state index contributed by atoms with van der Waals surface area (Å²) in [5.41, 5.74) is -0.0497. The Labute approximate surface area is 86.5 Å². The molecule has 0 radical (unpaired) electrons. The molecule has 0 unspecified atom stereocenters. The first kappa shape index (κ1) is 10.4. The van der Waals surface area contributed by atoms with Crippen LogP contribution in [0, 0.1) is 17.6 Å². The Bertz CT molecular complexity index is 362. The van der Waals surface area contributed by atoms with Gasteiger partial charge in [-0.05, 0) is 30.9 Å². The predicted molar refractivity (Wildman–Crippen MR) is 50.5 cm³/mol. The molecule has 0 spiro atoms. The largest absolute Gasteiger partial charge is 0.490 e. The molecule has 0 saturated heterocycles. The van der Waals surface area contributed by atoms with Crippen LogP contribution >= 0.6 is 0 Å². The standard InChI is InChI=1S/C11H12F2O2/c12-10-8(5-14)3-4-9(11(10)13)15-6-7-1-2-7/h3-4,7,14H,1-2,5-6H2. The van der Waals surface area contributed by atoms with E-state index in [0.29, 0.717) is 12.5 Å². The molecule has 4 heteroatoms. The maximum atomic E-state index is 13.3. The van der Waals surface area contributed by atoms with Gasteiger partial charge in [0.1, 0.15) is 0 Å². The average molecular weight is 214 g/mol. The Hall–Kier alpha value is -1.16. The molecular weight excluding hydrogens is 202 g/mol. The van der Waals surface area contributed by atoms with Gasteiger partial charge in [0, 0.05) is 5.56 Å². The fraction of sp³-hybridized carbons (Fsp3) is 0.455. The van der Waals surface area contributed by atoms with Gasteiger partial charge in [-0.25, -0.2) is 4.39 Å². The van der Waals surface area contributed by atoms with Crippen LogP contribution in [-0.2, 0) is 6.61 Å². The molecule has 82 valence electrons. The lowest BCUT2D eigenvalue weighted by atomic mass is 10.2. The average Bonchev–Trinajstić information content (AvgIpc) is 3.04. The first-order chi connectivity index (χ1) is 7.22. The van der Waals surface area contributed by atoms with E-state index >= 15 is 0 Å². The zero-order valence-corrected chi connectivity index (χ0v) is 8.17. The molecule has 1 aromatic carbocycles. The highest BCUT2D eigenvalue weighted by atomic mass is 19.2. The molecule has 1 aliphatic carbocycles. The molecule has 0 aliphatic heterocycles. The molecule has 0 atom stereocenters. The van der Waals surface area contributed by atoms with Crippen molar-refractivity contribution in [3.63, 3.8) is 0 Å². The number of halogens is 2. The lowest BCUT2D eigenvalue weighted by molar-refractivity contribution is 0.263. The van der Waals surface area contributed by atoms with Crippen LogP contribution in [0.25, 0.3) is 0 Å². The van der Waals surface area contributed by atoms with Crippen molar-refractivity contribution in [2.45, 2.75) is 19.4 Å². The fourth-order valence-electron chi connectivity index (χ4n) is 1.30. The molecule has 1 fully saturated rings. The number of aliphatic hydroxyl groups excluding tert-OH is 1. The number of hydrogen-bond donors (Lipinski definition) is 1. The van der Waals surface area contributed by atoms with Crippen molar-refractivity contribution < 1.29 is 18.6 Å². The van der Waals surface area contributed by atoms with Gasteiger partial charge in [-0.3, -0.25) is 0 Å². The molecule has 1 saturated carbocycles. The predicted octanol–water partition coefficient (Wildman–Crippen LogP) is 2.25. The summed E-state index contributed by atoms with van der Waals surface area (Å²) in [7, 11) is 0. The Morgan fingerprint density at radius 2 is 2.00 bits per heavy atom. The summed E-state index contributed by atoms with van der Waals surface area (Å²) in [5, 5.41) is 8.71. The molecule has 0 aromatic heterocycles. The van der Waals surface area contributed by atoms with Crippen molar-refractivity contribution in [2.75, 3.05) is 6.61 Å². The second kappa shape index (κ2) is 4.14. The highest BCUT2D eigenvalue weighted by Gasteiger charge is 2.23. The number of aliphatic hydroxyl groups is 1. The first-order valence-corrected chi connectivity index (χ1v) is 4.93. The van der Waals surface area contributed by atoms with Crippen molar-refractivity contribution in [3.05, 3.63) is 29.3 Å². The monoisotopic (exact) mass is 214 g/mol. The van der Waals surface area contributed by atoms with Crippen LogP contribution in [0.1, 0.15) is 18.4 Å². The summed E-state index contributed by atoms with van der Waals surface area (Å²) in [4.78, 5) is 0. The minimum Gasteiger partial charge on any atom is -0.490 e. The molecule has 2 nitrogen and oxygen atoms in total. The van der Waals surface area contributed by atoms with Crippen LogP contribution in [0.2, 0.25) is 0 Å². The van der Waals surface area contributed by atoms with E-state index in [1.54, 1.807) is 0 Å². The van der Waals surface area contributed by atoms with Crippen LogP contribution in [0.5, 0.6) is 5.75 Å². The molecule has 15 heavy (non-hydrogen) atoms. The number of hydrogen-bond acceptors (Lipinski definition) is 2. The zero-order valence-electron chi connectivity index (χ0n) is 8.17. The van der Waals surface area contributed by atoms with E-state index in [1.807, 2.05) is 0 Å². The van der Waals surface area contributed by atoms with E-state index < -0.39 is 18.2 Å². The van der Waals surface area contributed by atoms with Gasteiger partial charge in [-0.15, -0.1) is 0 Å². The van der Waals surface area contributed by atoms with E-state index in [4.69, 9.17) is 9.84 Å². The first-order valence-electron chi connectivity index (χ1n) is 4.93. The van der Waals surface area contributed by atoms with Gasteiger partial charge in [0.15, 0.2) is 11.6 Å². The van der Waals surface area contributed by atoms with Crippen molar-refractivity contribution in [1.29, 1.82) is 0 Å². The number of benzene rings is 1. The third-order valence-electron chi connectivity index (χ3n) is 2.47. The van der Waals surface area contributed by atoms with Crippen LogP contribution in [0.4, 0.5) is 8.78 Å². The van der Waals surface area contributed by atoms with Gasteiger partial charge < -0.3 is 9.84 Å². The molecule has 2 rings (SSSR count). The second-order valence-corrected chi connectivity index (χ2v) is 3.76. The molecule has 1 aliphatic rings. The van der Waals surface area contributed by atoms with Gasteiger partial charge in [-0.2, -0.15) is 4.39 Å². The Kier molecular flexibility index (Phi) is 2.86. The molecule has 0 bridgehead atoms. The topological polar surface area (TPSA) is 29.5 Å². The highest BCUT2D eigenvalue weighted by Crippen LogP contribution is 2.30. The van der Waals surface area contributed by atoms with Gasteiger partial charge in [0.2, 0.25) is 5.82 Å². The third kappa shape index (κ3) is 2.26. The molecular formula is C11H12F2O2. The molecule has 1 aromatic rings. The van der Waals surface area contributed by atoms with E-state index in [0.717, 1.165) is 12.8 Å². The van der Waals surface area contributed by atoms with Crippen molar-refractivity contribution >= 4 is 0 Å². The lowest BCUT2D eigenvalue weighted by Gasteiger charge is -2.08. The summed E-state index contributed by atoms with van der Waals surface area (Å²) in [6, 6.07) is 2.69. The summed E-state index contributed by atoms with van der Waals surface area (Å²) in [6.45, 7) is -0.0690. The van der Waals surface area contributed by atoms with Crippen LogP contribution in [0.15, 0.2) is 12.1 Å². The van der Waals surface area contributed by atoms with Gasteiger partial charge in [-0.1, -0.05) is 0 Å². The summed E-state index contributed by atoms with van der Waals surface area (Å²) >= 11 is 0. The Balaban J connectivity index is 2.12. The molecule has 1 N–H and O–H groups in total. The second-order valence-electron chi connectivity index (χ2n) is 3.76. The zero-order chi connectivity index (χ0) is 10.8. The van der Waals surface area contributed by atoms with Crippen molar-refractivity contribution in [1.82, 2.24) is 0 Å².